The van der Waals surface area contributed by atoms with Crippen molar-refractivity contribution >= 4 is 11.8 Å². The molecule has 0 bridgehead atoms. The third-order valence-electron chi connectivity index (χ3n) is 1.38. The first kappa shape index (κ1) is 8.59. The van der Waals surface area contributed by atoms with Crippen molar-refractivity contribution < 1.29 is 4.84 Å². The lowest BCUT2D eigenvalue weighted by molar-refractivity contribution is 0.124. The Hall–Kier alpha value is -0.510. The molecule has 0 aliphatic carbocycles. The van der Waals surface area contributed by atoms with Crippen molar-refractivity contribution in [3.8, 4) is 0 Å². The van der Waals surface area contributed by atoms with Gasteiger partial charge >= 0.3 is 0 Å². The summed E-state index contributed by atoms with van der Waals surface area (Å²) < 4.78 is 0. The fourth-order valence-electron chi connectivity index (χ4n) is 0.858. The number of hydrogen-bond donors (Lipinski definition) is 1. The van der Waals surface area contributed by atoms with Gasteiger partial charge in [0.05, 0.1) is 6.61 Å². The van der Waals surface area contributed by atoms with Crippen LogP contribution in [-0.2, 0) is 11.4 Å². The van der Waals surface area contributed by atoms with E-state index in [1.165, 1.54) is 4.90 Å². The minimum Gasteiger partial charge on any atom is -0.300 e. The van der Waals surface area contributed by atoms with Crippen molar-refractivity contribution in [3.05, 3.63) is 29.8 Å². The molecule has 2 N–H and O–H groups in total. The van der Waals surface area contributed by atoms with Gasteiger partial charge in [-0.05, 0) is 24.0 Å². The molecule has 1 aromatic rings. The van der Waals surface area contributed by atoms with E-state index in [1.807, 2.05) is 18.4 Å². The van der Waals surface area contributed by atoms with Crippen LogP contribution in [0.4, 0.5) is 0 Å². The Balaban J connectivity index is 2.74. The van der Waals surface area contributed by atoms with Gasteiger partial charge in [-0.1, -0.05) is 12.1 Å². The normalized spacial score (nSPS) is 10.0. The van der Waals surface area contributed by atoms with E-state index in [4.69, 9.17) is 5.90 Å². The third kappa shape index (κ3) is 2.54. The maximum absolute atomic E-state index is 4.95. The third-order valence-corrected chi connectivity index (χ3v) is 2.11. The SMILES string of the molecule is CSc1cccc(CON)c1. The Kier molecular flexibility index (Phi) is 3.42. The van der Waals surface area contributed by atoms with Crippen molar-refractivity contribution in [1.29, 1.82) is 0 Å². The summed E-state index contributed by atoms with van der Waals surface area (Å²) in [4.78, 5) is 5.75. The zero-order valence-electron chi connectivity index (χ0n) is 6.41. The smallest absolute Gasteiger partial charge is 0.0930 e. The second-order valence-electron chi connectivity index (χ2n) is 2.16. The van der Waals surface area contributed by atoms with E-state index in [0.29, 0.717) is 6.61 Å². The van der Waals surface area contributed by atoms with Crippen molar-refractivity contribution in [2.45, 2.75) is 11.5 Å². The monoisotopic (exact) mass is 169 g/mol. The van der Waals surface area contributed by atoms with Crippen LogP contribution in [0.25, 0.3) is 0 Å². The highest BCUT2D eigenvalue weighted by Crippen LogP contribution is 2.15. The van der Waals surface area contributed by atoms with Crippen LogP contribution in [-0.4, -0.2) is 6.26 Å². The van der Waals surface area contributed by atoms with Gasteiger partial charge in [0, 0.05) is 4.90 Å². The average molecular weight is 169 g/mol. The van der Waals surface area contributed by atoms with E-state index >= 15 is 0 Å². The average Bonchev–Trinajstić information content (AvgIpc) is 2.06. The van der Waals surface area contributed by atoms with Crippen molar-refractivity contribution in [2.24, 2.45) is 5.90 Å². The van der Waals surface area contributed by atoms with Crippen LogP contribution in [0.5, 0.6) is 0 Å². The predicted octanol–water partition coefficient (Wildman–Crippen LogP) is 1.80. The molecule has 0 aromatic heterocycles. The Morgan fingerprint density at radius 3 is 3.00 bits per heavy atom. The summed E-state index contributed by atoms with van der Waals surface area (Å²) in [5, 5.41) is 0. The molecule has 0 amide bonds. The summed E-state index contributed by atoms with van der Waals surface area (Å²) in [6.45, 7) is 0.481. The van der Waals surface area contributed by atoms with E-state index in [1.54, 1.807) is 11.8 Å². The van der Waals surface area contributed by atoms with Crippen molar-refractivity contribution in [3.63, 3.8) is 0 Å². The molecule has 0 aliphatic heterocycles. The summed E-state index contributed by atoms with van der Waals surface area (Å²) >= 11 is 1.71. The number of rotatable bonds is 3. The summed E-state index contributed by atoms with van der Waals surface area (Å²) in [7, 11) is 0. The fourth-order valence-corrected chi connectivity index (χ4v) is 1.34. The van der Waals surface area contributed by atoms with Gasteiger partial charge < -0.3 is 0 Å². The Morgan fingerprint density at radius 1 is 1.55 bits per heavy atom. The van der Waals surface area contributed by atoms with Gasteiger partial charge in [-0.2, -0.15) is 0 Å². The Labute approximate surface area is 70.7 Å². The van der Waals surface area contributed by atoms with Gasteiger partial charge in [0.2, 0.25) is 0 Å². The summed E-state index contributed by atoms with van der Waals surface area (Å²) in [6.07, 6.45) is 2.04. The summed E-state index contributed by atoms with van der Waals surface area (Å²) in [5.74, 6) is 4.95. The van der Waals surface area contributed by atoms with Crippen LogP contribution in [0.2, 0.25) is 0 Å². The van der Waals surface area contributed by atoms with Crippen LogP contribution in [0.1, 0.15) is 5.56 Å². The number of hydrogen-bond acceptors (Lipinski definition) is 3. The molecular formula is C8H11NOS. The molecule has 0 spiro atoms. The molecule has 1 aromatic carbocycles. The van der Waals surface area contributed by atoms with Crippen molar-refractivity contribution in [1.82, 2.24) is 0 Å². The Bertz CT molecular complexity index is 227. The second-order valence-corrected chi connectivity index (χ2v) is 3.04. The number of benzene rings is 1. The predicted molar refractivity (Wildman–Crippen MR) is 47.2 cm³/mol. The molecule has 11 heavy (non-hydrogen) atoms. The fraction of sp³-hybridized carbons (Fsp3) is 0.250. The van der Waals surface area contributed by atoms with Gasteiger partial charge in [-0.15, -0.1) is 11.8 Å². The maximum atomic E-state index is 4.95. The summed E-state index contributed by atoms with van der Waals surface area (Å²) in [6, 6.07) is 8.12. The minimum atomic E-state index is 0.481. The largest absolute Gasteiger partial charge is 0.300 e. The first-order chi connectivity index (χ1) is 5.36. The molecule has 2 nitrogen and oxygen atoms in total. The second kappa shape index (κ2) is 4.38. The first-order valence-corrected chi connectivity index (χ1v) is 4.54. The van der Waals surface area contributed by atoms with Crippen LogP contribution in [0.15, 0.2) is 29.2 Å². The van der Waals surface area contributed by atoms with E-state index in [2.05, 4.69) is 17.0 Å². The number of nitrogens with two attached hydrogens (primary N) is 1. The highest BCUT2D eigenvalue weighted by Gasteiger charge is 1.92. The van der Waals surface area contributed by atoms with Crippen LogP contribution in [0.3, 0.4) is 0 Å². The quantitative estimate of drug-likeness (QED) is 0.553. The van der Waals surface area contributed by atoms with E-state index in [-0.39, 0.29) is 0 Å². The van der Waals surface area contributed by atoms with E-state index in [9.17, 15) is 0 Å². The highest BCUT2D eigenvalue weighted by atomic mass is 32.2. The standard InChI is InChI=1S/C8H11NOS/c1-11-8-4-2-3-7(5-8)6-10-9/h2-5H,6,9H2,1H3. The molecule has 0 unspecified atom stereocenters. The topological polar surface area (TPSA) is 35.2 Å². The molecular weight excluding hydrogens is 158 g/mol. The lowest BCUT2D eigenvalue weighted by Gasteiger charge is -2.00. The van der Waals surface area contributed by atoms with E-state index in [0.717, 1.165) is 5.56 Å². The van der Waals surface area contributed by atoms with Crippen LogP contribution in [0, 0.1) is 0 Å². The highest BCUT2D eigenvalue weighted by molar-refractivity contribution is 7.98. The zero-order chi connectivity index (χ0) is 8.10. The molecule has 0 heterocycles. The van der Waals surface area contributed by atoms with E-state index < -0.39 is 0 Å². The Morgan fingerprint density at radius 2 is 2.36 bits per heavy atom. The number of thioether (sulfide) groups is 1. The lowest BCUT2D eigenvalue weighted by atomic mass is 10.2. The molecule has 0 saturated carbocycles. The van der Waals surface area contributed by atoms with Gasteiger partial charge in [-0.25, -0.2) is 5.90 Å². The molecule has 0 fully saturated rings. The zero-order valence-corrected chi connectivity index (χ0v) is 7.23. The molecule has 0 saturated heterocycles. The summed E-state index contributed by atoms with van der Waals surface area (Å²) in [5.41, 5.74) is 1.11. The van der Waals surface area contributed by atoms with Crippen molar-refractivity contribution in [2.75, 3.05) is 6.26 Å². The maximum Gasteiger partial charge on any atom is 0.0930 e. The minimum absolute atomic E-state index is 0.481. The molecule has 60 valence electrons. The molecule has 1 rings (SSSR count). The molecule has 0 aliphatic rings. The lowest BCUT2D eigenvalue weighted by Crippen LogP contribution is -1.98. The molecule has 0 atom stereocenters. The first-order valence-electron chi connectivity index (χ1n) is 3.31. The van der Waals surface area contributed by atoms with Crippen LogP contribution >= 0.6 is 11.8 Å². The van der Waals surface area contributed by atoms with Gasteiger partial charge in [0.25, 0.3) is 0 Å². The molecule has 3 heteroatoms. The van der Waals surface area contributed by atoms with Gasteiger partial charge in [0.15, 0.2) is 0 Å². The van der Waals surface area contributed by atoms with Crippen LogP contribution < -0.4 is 5.90 Å². The molecule has 0 radical (unpaired) electrons. The van der Waals surface area contributed by atoms with Gasteiger partial charge in [-0.3, -0.25) is 4.84 Å². The van der Waals surface area contributed by atoms with Gasteiger partial charge in [0.1, 0.15) is 0 Å².